The van der Waals surface area contributed by atoms with Gasteiger partial charge in [-0.3, -0.25) is 0 Å². The molecule has 2 rings (SSSR count). The van der Waals surface area contributed by atoms with Crippen LogP contribution in [0.3, 0.4) is 0 Å². The molecule has 0 aromatic heterocycles. The molecule has 0 aromatic rings. The lowest BCUT2D eigenvalue weighted by molar-refractivity contribution is 0.0186. The number of allylic oxidation sites excluding steroid dienone is 2. The van der Waals surface area contributed by atoms with E-state index in [1.807, 2.05) is 0 Å². The number of aliphatic hydroxyl groups is 2. The number of aliphatic hydroxyl groups excluding tert-OH is 2. The summed E-state index contributed by atoms with van der Waals surface area (Å²) in [5, 5.41) is 18.8. The summed E-state index contributed by atoms with van der Waals surface area (Å²) >= 11 is 0. The Morgan fingerprint density at radius 1 is 0.933 bits per heavy atom. The van der Waals surface area contributed by atoms with Crippen LogP contribution >= 0.6 is 0 Å². The number of rotatable bonds is 2. The lowest BCUT2D eigenvalue weighted by atomic mass is 10.0. The third-order valence-electron chi connectivity index (χ3n) is 2.95. The van der Waals surface area contributed by atoms with Crippen molar-refractivity contribution in [1.29, 1.82) is 0 Å². The molecule has 84 valence electrons. The molecule has 0 saturated heterocycles. The molecule has 3 heteroatoms. The summed E-state index contributed by atoms with van der Waals surface area (Å²) < 4.78 is 5.80. The lowest BCUT2D eigenvalue weighted by Crippen LogP contribution is -2.23. The molecule has 0 fully saturated rings. The van der Waals surface area contributed by atoms with Crippen molar-refractivity contribution in [2.75, 3.05) is 0 Å². The van der Waals surface area contributed by atoms with Crippen LogP contribution in [-0.2, 0) is 4.74 Å². The fraction of sp³-hybridized carbons (Fsp3) is 0.667. The van der Waals surface area contributed by atoms with Crippen molar-refractivity contribution in [3.8, 4) is 0 Å². The molecule has 3 nitrogen and oxygen atoms in total. The third-order valence-corrected chi connectivity index (χ3v) is 2.95. The third kappa shape index (κ3) is 2.99. The first-order valence-electron chi connectivity index (χ1n) is 5.69. The van der Waals surface area contributed by atoms with Gasteiger partial charge >= 0.3 is 0 Å². The van der Waals surface area contributed by atoms with Crippen LogP contribution in [0.1, 0.15) is 38.5 Å². The summed E-state index contributed by atoms with van der Waals surface area (Å²) in [7, 11) is 0. The van der Waals surface area contributed by atoms with Crippen LogP contribution in [0.5, 0.6) is 0 Å². The predicted octanol–water partition coefficient (Wildman–Crippen LogP) is 2.99. The van der Waals surface area contributed by atoms with E-state index in [1.54, 1.807) is 12.2 Å². The average Bonchev–Trinajstić information content (AvgIpc) is 2.17. The molecule has 0 heterocycles. The largest absolute Gasteiger partial charge is 0.513 e. The van der Waals surface area contributed by atoms with E-state index in [0.29, 0.717) is 11.5 Å². The van der Waals surface area contributed by atoms with E-state index < -0.39 is 0 Å². The van der Waals surface area contributed by atoms with Crippen LogP contribution < -0.4 is 0 Å². The Kier molecular flexibility index (Phi) is 3.31. The summed E-state index contributed by atoms with van der Waals surface area (Å²) in [4.78, 5) is 0. The fourth-order valence-corrected chi connectivity index (χ4v) is 2.17. The molecule has 2 aliphatic carbocycles. The minimum absolute atomic E-state index is 0.0194. The van der Waals surface area contributed by atoms with Gasteiger partial charge in [-0.2, -0.15) is 0 Å². The van der Waals surface area contributed by atoms with Crippen LogP contribution in [0.25, 0.3) is 0 Å². The quantitative estimate of drug-likeness (QED) is 0.736. The lowest BCUT2D eigenvalue weighted by Gasteiger charge is -2.25. The summed E-state index contributed by atoms with van der Waals surface area (Å²) in [5.74, 6) is 0.880. The van der Waals surface area contributed by atoms with Crippen molar-refractivity contribution in [1.82, 2.24) is 0 Å². The van der Waals surface area contributed by atoms with Gasteiger partial charge in [-0.1, -0.05) is 0 Å². The van der Waals surface area contributed by atoms with Gasteiger partial charge in [0, 0.05) is 12.8 Å². The van der Waals surface area contributed by atoms with Gasteiger partial charge in [0.2, 0.25) is 0 Å². The summed E-state index contributed by atoms with van der Waals surface area (Å²) in [6.07, 6.45) is 9.06. The molecule has 0 saturated carbocycles. The molecule has 0 bridgehead atoms. The molecule has 2 atom stereocenters. The maximum absolute atomic E-state index is 9.38. The molecule has 0 amide bonds. The topological polar surface area (TPSA) is 49.7 Å². The van der Waals surface area contributed by atoms with E-state index in [2.05, 4.69) is 0 Å². The van der Waals surface area contributed by atoms with Gasteiger partial charge in [0.15, 0.2) is 0 Å². The van der Waals surface area contributed by atoms with Crippen LogP contribution in [0.15, 0.2) is 23.7 Å². The van der Waals surface area contributed by atoms with Crippen molar-refractivity contribution >= 4 is 0 Å². The van der Waals surface area contributed by atoms with Gasteiger partial charge < -0.3 is 14.9 Å². The van der Waals surface area contributed by atoms with Crippen molar-refractivity contribution in [3.05, 3.63) is 23.7 Å². The molecule has 15 heavy (non-hydrogen) atoms. The summed E-state index contributed by atoms with van der Waals surface area (Å²) in [6.45, 7) is 0. The van der Waals surface area contributed by atoms with Gasteiger partial charge in [0.05, 0.1) is 23.7 Å². The van der Waals surface area contributed by atoms with Crippen molar-refractivity contribution in [2.24, 2.45) is 0 Å². The Hall–Kier alpha value is -0.960. The Balaban J connectivity index is 1.91. The second kappa shape index (κ2) is 4.71. The molecular weight excluding hydrogens is 192 g/mol. The van der Waals surface area contributed by atoms with Crippen molar-refractivity contribution < 1.29 is 14.9 Å². The van der Waals surface area contributed by atoms with E-state index in [0.717, 1.165) is 38.5 Å². The van der Waals surface area contributed by atoms with Crippen LogP contribution in [0.4, 0.5) is 0 Å². The highest BCUT2D eigenvalue weighted by atomic mass is 16.5. The van der Waals surface area contributed by atoms with Crippen molar-refractivity contribution in [3.63, 3.8) is 0 Å². The van der Waals surface area contributed by atoms with Crippen LogP contribution in [0, 0.1) is 0 Å². The SMILES string of the molecule is OC1=CC(OC2C=C(O)CCC2)CCC1. The zero-order valence-electron chi connectivity index (χ0n) is 8.85. The zero-order valence-corrected chi connectivity index (χ0v) is 8.85. The zero-order chi connectivity index (χ0) is 10.7. The molecule has 2 N–H and O–H groups in total. The Labute approximate surface area is 90.1 Å². The first-order valence-corrected chi connectivity index (χ1v) is 5.69. The van der Waals surface area contributed by atoms with Gasteiger partial charge in [0.1, 0.15) is 0 Å². The predicted molar refractivity (Wildman–Crippen MR) is 57.8 cm³/mol. The van der Waals surface area contributed by atoms with E-state index in [-0.39, 0.29) is 12.2 Å². The minimum Gasteiger partial charge on any atom is -0.513 e. The maximum atomic E-state index is 9.38. The highest BCUT2D eigenvalue weighted by molar-refractivity contribution is 5.04. The molecule has 0 aromatic carbocycles. The van der Waals surface area contributed by atoms with Crippen molar-refractivity contribution in [2.45, 2.75) is 50.7 Å². The molecule has 0 radical (unpaired) electrons. The standard InChI is InChI=1S/C12H18O3/c13-9-3-1-5-11(7-9)15-12-6-2-4-10(14)8-12/h7-8,11-14H,1-6H2. The summed E-state index contributed by atoms with van der Waals surface area (Å²) in [5.41, 5.74) is 0. The van der Waals surface area contributed by atoms with E-state index in [1.165, 1.54) is 0 Å². The molecule has 0 spiro atoms. The van der Waals surface area contributed by atoms with Gasteiger partial charge in [0.25, 0.3) is 0 Å². The Morgan fingerprint density at radius 2 is 1.40 bits per heavy atom. The average molecular weight is 210 g/mol. The second-order valence-corrected chi connectivity index (χ2v) is 4.31. The highest BCUT2D eigenvalue weighted by Crippen LogP contribution is 2.24. The molecule has 2 unspecified atom stereocenters. The minimum atomic E-state index is 0.0194. The van der Waals surface area contributed by atoms with Gasteiger partial charge in [-0.15, -0.1) is 0 Å². The van der Waals surface area contributed by atoms with Crippen LogP contribution in [0.2, 0.25) is 0 Å². The van der Waals surface area contributed by atoms with E-state index in [4.69, 9.17) is 4.74 Å². The van der Waals surface area contributed by atoms with Crippen LogP contribution in [-0.4, -0.2) is 22.4 Å². The normalized spacial score (nSPS) is 32.0. The van der Waals surface area contributed by atoms with E-state index in [9.17, 15) is 10.2 Å². The Morgan fingerprint density at radius 3 is 1.80 bits per heavy atom. The van der Waals surface area contributed by atoms with Gasteiger partial charge in [-0.05, 0) is 37.8 Å². The number of hydrogen-bond acceptors (Lipinski definition) is 3. The first-order chi connectivity index (χ1) is 7.24. The smallest absolute Gasteiger partial charge is 0.0908 e. The number of hydrogen-bond donors (Lipinski definition) is 2. The molecule has 0 aliphatic heterocycles. The first kappa shape index (κ1) is 10.6. The number of ether oxygens (including phenoxy) is 1. The highest BCUT2D eigenvalue weighted by Gasteiger charge is 2.20. The monoisotopic (exact) mass is 210 g/mol. The Bertz CT molecular complexity index is 253. The molecule has 2 aliphatic rings. The second-order valence-electron chi connectivity index (χ2n) is 4.31. The van der Waals surface area contributed by atoms with Gasteiger partial charge in [-0.25, -0.2) is 0 Å². The van der Waals surface area contributed by atoms with E-state index >= 15 is 0 Å². The maximum Gasteiger partial charge on any atom is 0.0908 e. The molecular formula is C12H18O3. The summed E-state index contributed by atoms with van der Waals surface area (Å²) in [6, 6.07) is 0. The fourth-order valence-electron chi connectivity index (χ4n) is 2.17.